The first-order valence-electron chi connectivity index (χ1n) is 9.57. The first kappa shape index (κ1) is 20.2. The number of aryl methyl sites for hydroxylation is 2. The normalized spacial score (nSPS) is 19.9. The maximum atomic E-state index is 12.7. The number of nitrogens with zero attached hydrogens (tertiary/aromatic N) is 3. The molecule has 2 heterocycles. The second-order valence-corrected chi connectivity index (χ2v) is 8.25. The van der Waals surface area contributed by atoms with Crippen molar-refractivity contribution >= 4 is 29.1 Å². The number of carbonyl (C=O) groups excluding carboxylic acids is 1. The molecule has 0 atom stereocenters. The fraction of sp³-hybridized carbons (Fsp3) is 0.550. The second kappa shape index (κ2) is 8.61. The van der Waals surface area contributed by atoms with Crippen LogP contribution in [0.4, 0.5) is 0 Å². The molecule has 0 spiro atoms. The predicted octanol–water partition coefficient (Wildman–Crippen LogP) is 5.14. The van der Waals surface area contributed by atoms with Crippen LogP contribution < -0.4 is 5.32 Å². The highest BCUT2D eigenvalue weighted by atomic mass is 35.5. The van der Waals surface area contributed by atoms with E-state index >= 15 is 0 Å². The molecule has 1 aliphatic carbocycles. The second-order valence-electron chi connectivity index (χ2n) is 7.48. The summed E-state index contributed by atoms with van der Waals surface area (Å²) in [4.78, 5) is 16.9. The maximum absolute atomic E-state index is 12.7. The largest absolute Gasteiger partial charge is 0.350 e. The molecule has 2 aromatic rings. The van der Waals surface area contributed by atoms with Crippen molar-refractivity contribution in [3.63, 3.8) is 0 Å². The number of aromatic nitrogens is 3. The van der Waals surface area contributed by atoms with E-state index in [2.05, 4.69) is 22.3 Å². The molecular formula is C20H26Cl2N4O. The van der Waals surface area contributed by atoms with Crippen molar-refractivity contribution in [2.45, 2.75) is 53.0 Å². The summed E-state index contributed by atoms with van der Waals surface area (Å²) in [6.45, 7) is 7.48. The van der Waals surface area contributed by atoms with E-state index in [0.29, 0.717) is 34.9 Å². The minimum Gasteiger partial charge on any atom is -0.350 e. The number of rotatable bonds is 5. The summed E-state index contributed by atoms with van der Waals surface area (Å²) in [5.74, 6) is 1.12. The van der Waals surface area contributed by atoms with Crippen LogP contribution in [0.3, 0.4) is 0 Å². The molecule has 0 aromatic carbocycles. The minimum atomic E-state index is -0.216. The van der Waals surface area contributed by atoms with Crippen LogP contribution >= 0.6 is 23.2 Å². The zero-order valence-corrected chi connectivity index (χ0v) is 17.6. The van der Waals surface area contributed by atoms with E-state index in [1.165, 1.54) is 25.7 Å². The summed E-state index contributed by atoms with van der Waals surface area (Å²) in [7, 11) is 0. The lowest BCUT2D eigenvalue weighted by atomic mass is 9.83. The zero-order valence-electron chi connectivity index (χ0n) is 16.1. The van der Waals surface area contributed by atoms with Crippen molar-refractivity contribution in [3.05, 3.63) is 33.7 Å². The Morgan fingerprint density at radius 3 is 2.63 bits per heavy atom. The van der Waals surface area contributed by atoms with Gasteiger partial charge in [-0.2, -0.15) is 5.10 Å². The molecule has 7 heteroatoms. The molecule has 0 saturated heterocycles. The van der Waals surface area contributed by atoms with Crippen molar-refractivity contribution in [3.8, 4) is 11.3 Å². The highest BCUT2D eigenvalue weighted by molar-refractivity contribution is 6.36. The number of hydrogen-bond acceptors (Lipinski definition) is 3. The maximum Gasteiger partial charge on any atom is 0.273 e. The van der Waals surface area contributed by atoms with Crippen molar-refractivity contribution in [2.75, 3.05) is 6.54 Å². The molecule has 3 rings (SSSR count). The van der Waals surface area contributed by atoms with E-state index in [0.717, 1.165) is 17.0 Å². The van der Waals surface area contributed by atoms with Gasteiger partial charge in [0.05, 0.1) is 10.7 Å². The molecule has 146 valence electrons. The van der Waals surface area contributed by atoms with E-state index in [9.17, 15) is 4.79 Å². The first-order valence-corrected chi connectivity index (χ1v) is 10.3. The lowest BCUT2D eigenvalue weighted by Crippen LogP contribution is -2.31. The Bertz CT molecular complexity index is 826. The SMILES string of the molecule is CCn1nc(C(=O)NCC2CCC(C)CC2)c(Cl)c1-c1cnc(Cl)cc1C. The van der Waals surface area contributed by atoms with Gasteiger partial charge in [-0.15, -0.1) is 0 Å². The number of amides is 1. The topological polar surface area (TPSA) is 59.8 Å². The van der Waals surface area contributed by atoms with Gasteiger partial charge in [-0.1, -0.05) is 43.0 Å². The van der Waals surface area contributed by atoms with Gasteiger partial charge in [0.1, 0.15) is 5.15 Å². The van der Waals surface area contributed by atoms with E-state index in [1.807, 2.05) is 13.8 Å². The smallest absolute Gasteiger partial charge is 0.273 e. The fourth-order valence-corrected chi connectivity index (χ4v) is 4.23. The van der Waals surface area contributed by atoms with Gasteiger partial charge in [0, 0.05) is 24.8 Å². The minimum absolute atomic E-state index is 0.216. The van der Waals surface area contributed by atoms with Crippen LogP contribution in [-0.2, 0) is 6.54 Å². The Balaban J connectivity index is 1.80. The molecule has 0 radical (unpaired) electrons. The number of hydrogen-bond donors (Lipinski definition) is 1. The molecule has 0 unspecified atom stereocenters. The quantitative estimate of drug-likeness (QED) is 0.696. The molecule has 1 amide bonds. The molecule has 27 heavy (non-hydrogen) atoms. The third kappa shape index (κ3) is 4.46. The van der Waals surface area contributed by atoms with Crippen LogP contribution in [0.2, 0.25) is 10.2 Å². The van der Waals surface area contributed by atoms with Gasteiger partial charge < -0.3 is 5.32 Å². The van der Waals surface area contributed by atoms with Crippen molar-refractivity contribution in [1.29, 1.82) is 0 Å². The standard InChI is InChI=1S/C20H26Cl2N4O/c1-4-26-19(15-11-23-16(21)9-13(15)3)17(22)18(25-26)20(27)24-10-14-7-5-12(2)6-8-14/h9,11-12,14H,4-8,10H2,1-3H3,(H,24,27). The Morgan fingerprint density at radius 1 is 1.30 bits per heavy atom. The van der Waals surface area contributed by atoms with Gasteiger partial charge >= 0.3 is 0 Å². The fourth-order valence-electron chi connectivity index (χ4n) is 3.69. The van der Waals surface area contributed by atoms with E-state index < -0.39 is 0 Å². The number of pyridine rings is 1. The van der Waals surface area contributed by atoms with Crippen molar-refractivity contribution < 1.29 is 4.79 Å². The lowest BCUT2D eigenvalue weighted by Gasteiger charge is -2.26. The summed E-state index contributed by atoms with van der Waals surface area (Å²) in [5, 5.41) is 8.27. The Labute approximate surface area is 170 Å². The molecule has 1 aliphatic rings. The summed E-state index contributed by atoms with van der Waals surface area (Å²) in [5.41, 5.74) is 2.75. The van der Waals surface area contributed by atoms with Gasteiger partial charge in [-0.05, 0) is 50.2 Å². The molecule has 0 aliphatic heterocycles. The molecular weight excluding hydrogens is 383 g/mol. The average Bonchev–Trinajstić information content (AvgIpc) is 2.97. The van der Waals surface area contributed by atoms with Gasteiger partial charge in [-0.25, -0.2) is 4.98 Å². The summed E-state index contributed by atoms with van der Waals surface area (Å²) in [6, 6.07) is 1.78. The third-order valence-corrected chi connectivity index (χ3v) is 5.99. The average molecular weight is 409 g/mol. The van der Waals surface area contributed by atoms with Crippen LogP contribution in [0.25, 0.3) is 11.3 Å². The lowest BCUT2D eigenvalue weighted by molar-refractivity contribution is 0.0936. The van der Waals surface area contributed by atoms with Crippen LogP contribution in [0.1, 0.15) is 55.6 Å². The zero-order chi connectivity index (χ0) is 19.6. The first-order chi connectivity index (χ1) is 12.9. The van der Waals surface area contributed by atoms with Crippen molar-refractivity contribution in [2.24, 2.45) is 11.8 Å². The number of nitrogens with one attached hydrogen (secondary N) is 1. The van der Waals surface area contributed by atoms with Gasteiger partial charge in [0.2, 0.25) is 0 Å². The Kier molecular flexibility index (Phi) is 6.43. The molecule has 0 bridgehead atoms. The van der Waals surface area contributed by atoms with Crippen LogP contribution in [-0.4, -0.2) is 27.2 Å². The summed E-state index contributed by atoms with van der Waals surface area (Å²) >= 11 is 12.6. The molecule has 5 nitrogen and oxygen atoms in total. The van der Waals surface area contributed by atoms with Crippen molar-refractivity contribution in [1.82, 2.24) is 20.1 Å². The van der Waals surface area contributed by atoms with Crippen LogP contribution in [0, 0.1) is 18.8 Å². The number of halogens is 2. The predicted molar refractivity (Wildman–Crippen MR) is 109 cm³/mol. The number of carbonyl (C=O) groups is 1. The van der Waals surface area contributed by atoms with Crippen LogP contribution in [0.15, 0.2) is 12.3 Å². The van der Waals surface area contributed by atoms with E-state index in [-0.39, 0.29) is 11.6 Å². The summed E-state index contributed by atoms with van der Waals surface area (Å²) < 4.78 is 1.75. The van der Waals surface area contributed by atoms with E-state index in [1.54, 1.807) is 16.9 Å². The third-order valence-electron chi connectivity index (χ3n) is 5.43. The summed E-state index contributed by atoms with van der Waals surface area (Å²) in [6.07, 6.45) is 6.48. The van der Waals surface area contributed by atoms with Gasteiger partial charge in [0.25, 0.3) is 5.91 Å². The highest BCUT2D eigenvalue weighted by Gasteiger charge is 2.25. The monoisotopic (exact) mass is 408 g/mol. The van der Waals surface area contributed by atoms with E-state index in [4.69, 9.17) is 23.2 Å². The molecule has 1 saturated carbocycles. The molecule has 2 aromatic heterocycles. The molecule has 1 N–H and O–H groups in total. The van der Waals surface area contributed by atoms with Gasteiger partial charge in [0.15, 0.2) is 5.69 Å². The Morgan fingerprint density at radius 2 is 2.00 bits per heavy atom. The van der Waals surface area contributed by atoms with Gasteiger partial charge in [-0.3, -0.25) is 9.48 Å². The Hall–Kier alpha value is -1.59. The molecule has 1 fully saturated rings. The highest BCUT2D eigenvalue weighted by Crippen LogP contribution is 2.33. The van der Waals surface area contributed by atoms with Crippen LogP contribution in [0.5, 0.6) is 0 Å².